The molecule has 4 aliphatic heterocycles. The normalized spacial score (nSPS) is 21.6. The molecule has 0 amide bonds. The second kappa shape index (κ2) is 14.9. The number of pyridine rings is 1. The molecule has 4 aromatic rings. The van der Waals surface area contributed by atoms with Crippen LogP contribution in [0.1, 0.15) is 50.2 Å². The lowest BCUT2D eigenvalue weighted by Gasteiger charge is -2.50. The number of aromatic nitrogens is 1. The molecule has 8 rings (SSSR count). The Hall–Kier alpha value is -3.67. The van der Waals surface area contributed by atoms with Crippen molar-refractivity contribution in [2.45, 2.75) is 43.4 Å². The van der Waals surface area contributed by atoms with Crippen molar-refractivity contribution in [1.82, 2.24) is 9.80 Å². The summed E-state index contributed by atoms with van der Waals surface area (Å²) in [7, 11) is 3.12. The quantitative estimate of drug-likeness (QED) is 0.154. The molecule has 6 heterocycles. The number of methoxy groups -OCH3 is 2. The van der Waals surface area contributed by atoms with Crippen LogP contribution in [0.2, 0.25) is 10.0 Å². The van der Waals surface area contributed by atoms with Gasteiger partial charge in [-0.15, -0.1) is 11.3 Å². The molecule has 0 aliphatic carbocycles. The molecule has 0 saturated carbocycles. The molecule has 1 N–H and O–H groups in total. The number of fused-ring (bicyclic) bond motifs is 3. The number of carbonyl (C=O) groups is 2. The molecule has 4 fully saturated rings. The highest BCUT2D eigenvalue weighted by molar-refractivity contribution is 7.13. The lowest BCUT2D eigenvalue weighted by Crippen LogP contribution is -2.64. The van der Waals surface area contributed by atoms with E-state index in [0.717, 1.165) is 42.9 Å². The third-order valence-electron chi connectivity index (χ3n) is 10.2. The average molecular weight is 738 g/mol. The number of benzene rings is 2. The van der Waals surface area contributed by atoms with Crippen LogP contribution in [0, 0.1) is 5.92 Å². The van der Waals surface area contributed by atoms with E-state index in [0.29, 0.717) is 63.1 Å². The van der Waals surface area contributed by atoms with Gasteiger partial charge in [-0.25, -0.2) is 9.78 Å². The number of nitrogens with one attached hydrogen (secondary N) is 1. The Morgan fingerprint density at radius 3 is 2.34 bits per heavy atom. The molecule has 2 atom stereocenters. The number of aromatic amines is 1. The first-order valence-electron chi connectivity index (χ1n) is 16.8. The van der Waals surface area contributed by atoms with Crippen molar-refractivity contribution in [2.24, 2.45) is 5.92 Å². The summed E-state index contributed by atoms with van der Waals surface area (Å²) in [4.78, 5) is 36.6. The van der Waals surface area contributed by atoms with E-state index in [-0.39, 0.29) is 18.5 Å². The fraction of sp³-hybridized carbons (Fsp3) is 0.395. The lowest BCUT2D eigenvalue weighted by molar-refractivity contribution is -0.377. The largest absolute Gasteiger partial charge is 0.493 e. The number of nitrogens with zero attached hydrogens (tertiary/aromatic N) is 2. The van der Waals surface area contributed by atoms with Crippen LogP contribution in [0.3, 0.4) is 0 Å². The predicted molar refractivity (Wildman–Crippen MR) is 191 cm³/mol. The summed E-state index contributed by atoms with van der Waals surface area (Å²) in [6.07, 6.45) is 4.95. The maximum absolute atomic E-state index is 13.9. The Bertz CT molecular complexity index is 1820. The second-order valence-electron chi connectivity index (χ2n) is 13.3. The van der Waals surface area contributed by atoms with Crippen LogP contribution in [-0.4, -0.2) is 74.8 Å². The van der Waals surface area contributed by atoms with E-state index >= 15 is 0 Å². The van der Waals surface area contributed by atoms with Gasteiger partial charge in [0.25, 0.3) is 0 Å². The number of H-pyrrole nitrogens is 1. The molecule has 50 heavy (non-hydrogen) atoms. The lowest BCUT2D eigenvalue weighted by atomic mass is 9.73. The molecular formula is C38H40Cl2N3O6S+. The van der Waals surface area contributed by atoms with E-state index in [9.17, 15) is 9.59 Å². The molecule has 262 valence electrons. The molecule has 0 spiro atoms. The topological polar surface area (TPSA) is 91.7 Å². The van der Waals surface area contributed by atoms with Gasteiger partial charge in [-0.3, -0.25) is 14.6 Å². The molecule has 0 unspecified atom stereocenters. The van der Waals surface area contributed by atoms with Crippen molar-refractivity contribution < 1.29 is 33.5 Å². The highest BCUT2D eigenvalue weighted by Crippen LogP contribution is 2.40. The zero-order valence-corrected chi connectivity index (χ0v) is 30.4. The smallest absolute Gasteiger partial charge is 0.348 e. The fourth-order valence-electron chi connectivity index (χ4n) is 7.43. The number of ether oxygens (including phenoxy) is 4. The predicted octanol–water partition coefficient (Wildman–Crippen LogP) is 6.42. The average Bonchev–Trinajstić information content (AvgIpc) is 3.60. The minimum Gasteiger partial charge on any atom is -0.493 e. The van der Waals surface area contributed by atoms with Crippen molar-refractivity contribution in [3.05, 3.63) is 110 Å². The fourth-order valence-corrected chi connectivity index (χ4v) is 8.89. The van der Waals surface area contributed by atoms with Crippen molar-refractivity contribution in [2.75, 3.05) is 46.9 Å². The second-order valence-corrected chi connectivity index (χ2v) is 15.3. The number of hydrogen-bond acceptors (Lipinski definition) is 9. The van der Waals surface area contributed by atoms with Gasteiger partial charge in [-0.1, -0.05) is 59.6 Å². The SMILES string of the molecule is COc1ccc([C@H](Cc2c(Cl)c[nH+]cc2Cl)OC(=O)c2ccc(CN3CC(C(=O)O[C@H]4CN5CCC4CC5)(c4ccccc4)C3)s2)cc1OC. The monoisotopic (exact) mass is 736 g/mol. The van der Waals surface area contributed by atoms with Gasteiger partial charge in [-0.2, -0.15) is 0 Å². The van der Waals surface area contributed by atoms with Crippen LogP contribution in [0.4, 0.5) is 0 Å². The Labute approximate surface area is 306 Å². The molecular weight excluding hydrogens is 697 g/mol. The number of rotatable bonds is 12. The highest BCUT2D eigenvalue weighted by atomic mass is 35.5. The van der Waals surface area contributed by atoms with E-state index in [1.807, 2.05) is 42.5 Å². The van der Waals surface area contributed by atoms with Crippen LogP contribution < -0.4 is 14.5 Å². The number of thiophene rings is 1. The van der Waals surface area contributed by atoms with Crippen LogP contribution in [-0.2, 0) is 32.6 Å². The van der Waals surface area contributed by atoms with Gasteiger partial charge in [0.1, 0.15) is 32.5 Å². The third kappa shape index (κ3) is 7.09. The standard InChI is InChI=1S/C38H39Cl2N3O6S/c1-46-31-10-8-25(16-33(31)47-2)32(17-28-29(39)18-41-19-30(28)40)48-36(44)35-11-9-27(50-35)20-43-22-38(23-43,26-6-4-3-5-7-26)37(45)49-34-21-42-14-12-24(34)13-15-42/h3-11,16,18-19,24,32,34H,12-15,17,20-23H2,1-2H3/p+1/t32-,34-/m0/s1. The van der Waals surface area contributed by atoms with Crippen molar-refractivity contribution in [3.8, 4) is 11.5 Å². The van der Waals surface area contributed by atoms with E-state index in [4.69, 9.17) is 42.1 Å². The molecule has 4 aliphatic rings. The number of hydrogen-bond donors (Lipinski definition) is 0. The van der Waals surface area contributed by atoms with Gasteiger partial charge in [0.15, 0.2) is 23.9 Å². The van der Waals surface area contributed by atoms with E-state index < -0.39 is 17.5 Å². The van der Waals surface area contributed by atoms with Gasteiger partial charge >= 0.3 is 11.9 Å². The first-order valence-corrected chi connectivity index (χ1v) is 18.4. The Balaban J connectivity index is 1.05. The summed E-state index contributed by atoms with van der Waals surface area (Å²) in [6.45, 7) is 4.72. The molecule has 0 radical (unpaired) electrons. The van der Waals surface area contributed by atoms with Crippen LogP contribution in [0.25, 0.3) is 0 Å². The molecule has 12 heteroatoms. The van der Waals surface area contributed by atoms with Gasteiger partial charge in [0, 0.05) is 43.0 Å². The Morgan fingerprint density at radius 2 is 1.68 bits per heavy atom. The number of piperidine rings is 3. The van der Waals surface area contributed by atoms with Gasteiger partial charge in [0.05, 0.1) is 14.2 Å². The summed E-state index contributed by atoms with van der Waals surface area (Å²) in [5.41, 5.74) is 1.63. The Morgan fingerprint density at radius 1 is 0.960 bits per heavy atom. The number of likely N-dealkylation sites (tertiary alicyclic amines) is 1. The van der Waals surface area contributed by atoms with Crippen LogP contribution in [0.5, 0.6) is 11.5 Å². The zero-order chi connectivity index (χ0) is 34.8. The number of carbonyl (C=O) groups excluding carboxylic acids is 2. The minimum atomic E-state index is -0.714. The van der Waals surface area contributed by atoms with Crippen LogP contribution in [0.15, 0.2) is 73.1 Å². The molecule has 2 aromatic carbocycles. The molecule has 2 aromatic heterocycles. The molecule has 4 saturated heterocycles. The van der Waals surface area contributed by atoms with Crippen molar-refractivity contribution in [3.63, 3.8) is 0 Å². The summed E-state index contributed by atoms with van der Waals surface area (Å²) < 4.78 is 23.4. The van der Waals surface area contributed by atoms with Gasteiger partial charge in [-0.05, 0) is 67.2 Å². The zero-order valence-electron chi connectivity index (χ0n) is 28.0. The summed E-state index contributed by atoms with van der Waals surface area (Å²) in [5.74, 6) is 0.927. The number of halogens is 2. The first kappa shape index (κ1) is 34.8. The van der Waals surface area contributed by atoms with E-state index in [1.165, 1.54) is 11.3 Å². The third-order valence-corrected chi connectivity index (χ3v) is 11.9. The number of esters is 2. The summed E-state index contributed by atoms with van der Waals surface area (Å²) >= 11 is 14.4. The summed E-state index contributed by atoms with van der Waals surface area (Å²) in [6, 6.07) is 19.1. The van der Waals surface area contributed by atoms with Crippen molar-refractivity contribution >= 4 is 46.5 Å². The maximum atomic E-state index is 13.9. The van der Waals surface area contributed by atoms with E-state index in [2.05, 4.69) is 14.8 Å². The molecule has 9 nitrogen and oxygen atoms in total. The Kier molecular flexibility index (Phi) is 10.4. The molecule has 2 bridgehead atoms. The first-order chi connectivity index (χ1) is 24.3. The van der Waals surface area contributed by atoms with Crippen LogP contribution >= 0.6 is 34.5 Å². The minimum absolute atomic E-state index is 0.0411. The van der Waals surface area contributed by atoms with Gasteiger partial charge < -0.3 is 18.9 Å². The summed E-state index contributed by atoms with van der Waals surface area (Å²) in [5, 5.41) is 0.873. The van der Waals surface area contributed by atoms with Gasteiger partial charge in [0.2, 0.25) is 0 Å². The highest BCUT2D eigenvalue weighted by Gasteiger charge is 2.53. The van der Waals surface area contributed by atoms with Crippen molar-refractivity contribution in [1.29, 1.82) is 0 Å². The maximum Gasteiger partial charge on any atom is 0.348 e. The van der Waals surface area contributed by atoms with E-state index in [1.54, 1.807) is 44.8 Å².